The number of aromatic amines is 1. The number of nitrogen functional groups attached to an aromatic ring is 2. The lowest BCUT2D eigenvalue weighted by Gasteiger charge is -2.05. The van der Waals surface area contributed by atoms with Crippen LogP contribution in [0.2, 0.25) is 5.02 Å². The number of pyridine rings is 1. The van der Waals surface area contributed by atoms with Gasteiger partial charge in [-0.05, 0) is 29.5 Å². The first kappa shape index (κ1) is 19.4. The Balaban J connectivity index is 1.93. The maximum atomic E-state index is 12.8. The molecule has 30 heavy (non-hydrogen) atoms. The minimum absolute atomic E-state index is 0.0276. The maximum absolute atomic E-state index is 12.8. The minimum Gasteiger partial charge on any atom is -0.397 e. The Kier molecular flexibility index (Phi) is 4.65. The second-order valence-corrected chi connectivity index (χ2v) is 7.67. The number of benzene rings is 1. The summed E-state index contributed by atoms with van der Waals surface area (Å²) >= 11 is 6.86. The number of anilines is 3. The molecule has 0 aliphatic carbocycles. The maximum Gasteiger partial charge on any atom is 0.435 e. The van der Waals surface area contributed by atoms with Gasteiger partial charge < -0.3 is 16.8 Å². The minimum atomic E-state index is -0.723. The van der Waals surface area contributed by atoms with Gasteiger partial charge in [-0.15, -0.1) is 11.3 Å². The molecule has 150 valence electrons. The Hall–Kier alpha value is -3.88. The van der Waals surface area contributed by atoms with E-state index in [1.807, 2.05) is 6.07 Å². The van der Waals surface area contributed by atoms with Crippen LogP contribution in [0.3, 0.4) is 0 Å². The SMILES string of the molecule is C[n+]1[nH]oc(=O)c1-c1c(C#N)c(N)nc2sc(C(=O)Nc3ccc(Cl)cc3)c(N)c12. The van der Waals surface area contributed by atoms with Gasteiger partial charge in [-0.25, -0.2) is 9.78 Å². The second-order valence-electron chi connectivity index (χ2n) is 6.23. The van der Waals surface area contributed by atoms with E-state index in [0.717, 1.165) is 11.3 Å². The molecule has 0 bridgehead atoms. The van der Waals surface area contributed by atoms with Gasteiger partial charge in [-0.2, -0.15) is 5.26 Å². The number of hydrogen-bond donors (Lipinski definition) is 4. The molecule has 10 nitrogen and oxygen atoms in total. The third-order valence-corrected chi connectivity index (χ3v) is 5.72. The molecule has 0 fully saturated rings. The molecule has 0 spiro atoms. The number of aromatic nitrogens is 3. The summed E-state index contributed by atoms with van der Waals surface area (Å²) in [6.07, 6.45) is 0. The molecule has 3 aromatic heterocycles. The predicted octanol–water partition coefficient (Wildman–Crippen LogP) is 2.01. The number of H-pyrrole nitrogens is 1. The highest BCUT2D eigenvalue weighted by Gasteiger charge is 2.32. The molecule has 0 atom stereocenters. The van der Waals surface area contributed by atoms with Crippen LogP contribution in [0.25, 0.3) is 21.5 Å². The molecule has 6 N–H and O–H groups in total. The van der Waals surface area contributed by atoms with Crippen LogP contribution in [0.15, 0.2) is 33.6 Å². The van der Waals surface area contributed by atoms with Crippen LogP contribution < -0.4 is 27.1 Å². The van der Waals surface area contributed by atoms with E-state index in [2.05, 4.69) is 15.6 Å². The molecule has 4 aromatic rings. The van der Waals surface area contributed by atoms with Gasteiger partial charge in [0.15, 0.2) is 7.05 Å². The predicted molar refractivity (Wildman–Crippen MR) is 112 cm³/mol. The lowest BCUT2D eigenvalue weighted by atomic mass is 10.0. The van der Waals surface area contributed by atoms with Crippen LogP contribution in [0, 0.1) is 11.3 Å². The van der Waals surface area contributed by atoms with Gasteiger partial charge in [-0.3, -0.25) is 9.32 Å². The van der Waals surface area contributed by atoms with Crippen LogP contribution in [0.5, 0.6) is 0 Å². The smallest absolute Gasteiger partial charge is 0.397 e. The van der Waals surface area contributed by atoms with Crippen molar-refractivity contribution < 1.29 is 14.0 Å². The molecule has 0 unspecified atom stereocenters. The number of nitrogens with one attached hydrogen (secondary N) is 2. The average molecular weight is 443 g/mol. The summed E-state index contributed by atoms with van der Waals surface area (Å²) < 4.78 is 6.10. The van der Waals surface area contributed by atoms with Crippen molar-refractivity contribution >= 4 is 56.3 Å². The number of halogens is 1. The number of hydrogen-bond acceptors (Lipinski definition) is 8. The largest absolute Gasteiger partial charge is 0.435 e. The van der Waals surface area contributed by atoms with Crippen molar-refractivity contribution in [2.75, 3.05) is 16.8 Å². The van der Waals surface area contributed by atoms with Crippen molar-refractivity contribution in [3.05, 3.63) is 50.1 Å². The molecule has 4 rings (SSSR count). The summed E-state index contributed by atoms with van der Waals surface area (Å²) in [5.74, 6) is -0.571. The Morgan fingerprint density at radius 2 is 2.07 bits per heavy atom. The van der Waals surface area contributed by atoms with E-state index < -0.39 is 11.5 Å². The molecule has 3 heterocycles. The Morgan fingerprint density at radius 3 is 2.67 bits per heavy atom. The van der Waals surface area contributed by atoms with Crippen molar-refractivity contribution in [3.8, 4) is 17.3 Å². The van der Waals surface area contributed by atoms with Gasteiger partial charge in [0.1, 0.15) is 27.2 Å². The number of fused-ring (bicyclic) bond motifs is 1. The number of nitrogens with two attached hydrogens (primary N) is 2. The van der Waals surface area contributed by atoms with Gasteiger partial charge >= 0.3 is 11.3 Å². The zero-order chi connectivity index (χ0) is 21.6. The summed E-state index contributed by atoms with van der Waals surface area (Å²) in [6, 6.07) is 8.51. The van der Waals surface area contributed by atoms with Crippen LogP contribution in [-0.2, 0) is 7.05 Å². The molecule has 0 aliphatic heterocycles. The number of amides is 1. The summed E-state index contributed by atoms with van der Waals surface area (Å²) in [4.78, 5) is 29.8. The summed E-state index contributed by atoms with van der Waals surface area (Å²) in [6.45, 7) is 0. The number of nitrogens with zero attached hydrogens (tertiary/aromatic N) is 3. The molecule has 0 saturated heterocycles. The lowest BCUT2D eigenvalue weighted by molar-refractivity contribution is -0.730. The van der Waals surface area contributed by atoms with Gasteiger partial charge in [-0.1, -0.05) is 16.3 Å². The fourth-order valence-corrected chi connectivity index (χ4v) is 4.15. The van der Waals surface area contributed by atoms with Crippen molar-refractivity contribution in [1.29, 1.82) is 5.26 Å². The van der Waals surface area contributed by atoms with Crippen LogP contribution in [0.4, 0.5) is 17.2 Å². The number of carbonyl (C=O) groups excluding carboxylic acids is 1. The molecule has 1 amide bonds. The summed E-state index contributed by atoms with van der Waals surface area (Å²) in [5, 5.41) is 15.5. The zero-order valence-electron chi connectivity index (χ0n) is 15.3. The molecule has 1 aromatic carbocycles. The van der Waals surface area contributed by atoms with Gasteiger partial charge in [0.05, 0.1) is 16.6 Å². The number of rotatable bonds is 3. The highest BCUT2D eigenvalue weighted by atomic mass is 35.5. The van der Waals surface area contributed by atoms with Crippen molar-refractivity contribution in [1.82, 2.24) is 10.3 Å². The summed E-state index contributed by atoms with van der Waals surface area (Å²) in [7, 11) is 1.53. The highest BCUT2D eigenvalue weighted by molar-refractivity contribution is 7.21. The van der Waals surface area contributed by atoms with E-state index in [0.29, 0.717) is 15.5 Å². The van der Waals surface area contributed by atoms with Gasteiger partial charge in [0.25, 0.3) is 5.91 Å². The molecule has 0 aliphatic rings. The Labute approximate surface area is 177 Å². The molecular weight excluding hydrogens is 430 g/mol. The topological polar surface area (TPSA) is 168 Å². The van der Waals surface area contributed by atoms with Crippen molar-refractivity contribution in [3.63, 3.8) is 0 Å². The normalized spacial score (nSPS) is 10.8. The number of thiophene rings is 1. The Morgan fingerprint density at radius 1 is 1.37 bits per heavy atom. The van der Waals surface area contributed by atoms with Crippen molar-refractivity contribution in [2.24, 2.45) is 7.05 Å². The second kappa shape index (κ2) is 7.18. The van der Waals surface area contributed by atoms with Gasteiger partial charge in [0.2, 0.25) is 0 Å². The third kappa shape index (κ3) is 3.04. The number of aryl methyl sites for hydroxylation is 1. The first-order valence-electron chi connectivity index (χ1n) is 8.38. The third-order valence-electron chi connectivity index (χ3n) is 4.37. The van der Waals surface area contributed by atoms with Crippen LogP contribution in [-0.4, -0.2) is 16.2 Å². The van der Waals surface area contributed by atoms with Crippen LogP contribution >= 0.6 is 22.9 Å². The van der Waals surface area contributed by atoms with E-state index in [-0.39, 0.29) is 38.6 Å². The van der Waals surface area contributed by atoms with E-state index >= 15 is 0 Å². The molecule has 12 heteroatoms. The molecular formula is C18H13ClN7O3S+. The fraction of sp³-hybridized carbons (Fsp3) is 0.0556. The highest BCUT2D eigenvalue weighted by Crippen LogP contribution is 2.41. The monoisotopic (exact) mass is 442 g/mol. The molecule has 0 radical (unpaired) electrons. The average Bonchev–Trinajstić information content (AvgIpc) is 3.21. The van der Waals surface area contributed by atoms with Crippen molar-refractivity contribution in [2.45, 2.75) is 0 Å². The summed E-state index contributed by atoms with van der Waals surface area (Å²) in [5.41, 5.74) is 12.2. The first-order chi connectivity index (χ1) is 14.3. The van der Waals surface area contributed by atoms with E-state index in [9.17, 15) is 14.9 Å². The quantitative estimate of drug-likeness (QED) is 0.352. The number of carbonyl (C=O) groups is 1. The fourth-order valence-electron chi connectivity index (χ4n) is 3.02. The standard InChI is InChI=1S/C18H12ClN7O3S/c1-26-13(18(28)29-25-26)10-9(6-20)15(22)24-17-11(10)12(21)14(30-17)16(27)23-8-4-2-7(19)3-5-8/h2-5H,1H3,(H5-,21,22,23,24,25,27,28)/p+1. The first-order valence-corrected chi connectivity index (χ1v) is 9.57. The van der Waals surface area contributed by atoms with Gasteiger partial charge in [0, 0.05) is 10.7 Å². The van der Waals surface area contributed by atoms with Crippen LogP contribution in [0.1, 0.15) is 15.2 Å². The zero-order valence-corrected chi connectivity index (χ0v) is 16.9. The van der Waals surface area contributed by atoms with E-state index in [1.54, 1.807) is 24.3 Å². The number of nitriles is 1. The lowest BCUT2D eigenvalue weighted by Crippen LogP contribution is -2.34. The molecule has 0 saturated carbocycles. The van der Waals surface area contributed by atoms with E-state index in [1.165, 1.54) is 11.7 Å². The Bertz CT molecular complexity index is 1410. The van der Waals surface area contributed by atoms with E-state index in [4.69, 9.17) is 27.6 Å².